The number of ketones is 5. The largest absolute Gasteiger partial charge is 0.481 e. The summed E-state index contributed by atoms with van der Waals surface area (Å²) in [5.41, 5.74) is 9.51. The fraction of sp³-hybridized carbons (Fsp3) is 0.342. The van der Waals surface area contributed by atoms with Crippen LogP contribution in [0.25, 0.3) is 82.3 Å². The van der Waals surface area contributed by atoms with Gasteiger partial charge >= 0.3 is 29.8 Å². The quantitative estimate of drug-likeness (QED) is 0.0224. The van der Waals surface area contributed by atoms with Crippen LogP contribution in [0.5, 0.6) is 0 Å². The summed E-state index contributed by atoms with van der Waals surface area (Å²) in [6.45, 7) is 34.1. The van der Waals surface area contributed by atoms with Crippen molar-refractivity contribution in [1.29, 1.82) is 0 Å². The van der Waals surface area contributed by atoms with Crippen molar-refractivity contribution < 1.29 is 73.5 Å². The number of halogens is 5. The molecule has 1 aliphatic rings. The number of carboxylic acids is 5. The average Bonchev–Trinajstić information content (AvgIpc) is 1.69. The van der Waals surface area contributed by atoms with E-state index < -0.39 is 83.2 Å². The van der Waals surface area contributed by atoms with Gasteiger partial charge in [-0.1, -0.05) is 330 Å². The lowest BCUT2D eigenvalue weighted by Crippen LogP contribution is -2.31. The van der Waals surface area contributed by atoms with Crippen molar-refractivity contribution in [1.82, 2.24) is 47.8 Å². The number of rotatable bonds is 38. The van der Waals surface area contributed by atoms with E-state index in [4.69, 9.17) is 83.5 Å². The number of Topliss-reactive ketones (excluding diaryl/α,β-unsaturated/α-hetero) is 5. The summed E-state index contributed by atoms with van der Waals surface area (Å²) in [5.74, 6) is -8.23. The maximum Gasteiger partial charge on any atom is 0.306 e. The van der Waals surface area contributed by atoms with Crippen molar-refractivity contribution in [2.45, 2.75) is 244 Å². The van der Waals surface area contributed by atoms with Crippen molar-refractivity contribution >= 4 is 229 Å². The maximum absolute atomic E-state index is 12.8. The molecular formula is C114H121Cl5N10O15S5. The Labute approximate surface area is 912 Å². The van der Waals surface area contributed by atoms with Crippen LogP contribution in [0.4, 0.5) is 0 Å². The van der Waals surface area contributed by atoms with Crippen molar-refractivity contribution in [3.63, 3.8) is 0 Å². The maximum atomic E-state index is 12.8. The number of thioether (sulfide) groups is 5. The minimum Gasteiger partial charge on any atom is -0.481 e. The number of carboxylic acid groups (broad SMARTS) is 5. The lowest BCUT2D eigenvalue weighted by Gasteiger charge is -2.24. The SMILES string of the molecule is CC(CC(=O)C(C)(C)Sc1ncc(Cl)n1-c1ccc(C(C)C)c2ccccc12)C(=O)O.CC(CC(=O)C(C)(C)Sc1ncc(Cl)n1-c1ccc(C2CC2)c2ccccc12)C(=O)O.CC(CC(=O)C(C)(C)Sc1ncc(Cl)n1-c1cccc2ccccc12)C(=O)O.CCc1ccc(-n2c(Cl)cnc2SC(C)(C)C(=O)CC(C)C(=O)O)c2ccccc12.Cc1ccc(-n2c(Cl)cnc2SC(C)(C)C(=O)CC(C)C(=O)O)c2ccccc12. The third kappa shape index (κ3) is 27.7. The molecule has 0 amide bonds. The summed E-state index contributed by atoms with van der Waals surface area (Å²) in [6.07, 6.45) is 11.1. The Balaban J connectivity index is 0.000000165. The number of nitrogens with zero attached hydrogens (tertiary/aromatic N) is 10. The van der Waals surface area contributed by atoms with Gasteiger partial charge in [0.05, 0.1) is 113 Å². The normalized spacial score (nSPS) is 13.4. The summed E-state index contributed by atoms with van der Waals surface area (Å²) in [6, 6.07) is 63.2. The number of hydrogen-bond acceptors (Lipinski definition) is 20. The molecule has 35 heteroatoms. The summed E-state index contributed by atoms with van der Waals surface area (Å²) >= 11 is 39.0. The first-order valence-electron chi connectivity index (χ1n) is 48.6. The van der Waals surface area contributed by atoms with Gasteiger partial charge in [-0.15, -0.1) is 0 Å². The number of benzene rings is 10. The second-order valence-electron chi connectivity index (χ2n) is 39.8. The molecule has 5 atom stereocenters. The van der Waals surface area contributed by atoms with E-state index in [0.717, 1.165) is 88.9 Å². The second kappa shape index (κ2) is 49.3. The number of carbonyl (C=O) groups excluding carboxylic acids is 5. The van der Waals surface area contributed by atoms with Gasteiger partial charge in [0.1, 0.15) is 54.7 Å². The van der Waals surface area contributed by atoms with E-state index in [2.05, 4.69) is 125 Å². The standard InChI is InChI=1S/C24H25ClN2O3S.C24H27ClN2O3S.C23H25ClN2O3S.C22H23ClN2O3S.C21H21ClN2O3S/c1-14(22(29)30)12-20(28)24(2,3)31-23-26-13-21(25)27(23)19-11-10-16(15-8-9-15)17-6-4-5-7-18(17)19;1-14(2)16-10-11-19(18-9-7-6-8-17(16)18)27-21(25)13-26-23(27)31-24(4,5)20(28)12-15(3)22(29)30;1-5-15-10-11-18(17-9-7-6-8-16(15)17)26-20(24)13-25-22(26)30-23(3,4)19(27)12-14(2)21(28)29;1-13-9-10-17(16-8-6-5-7-15(13)16)25-19(23)12-24-21(25)29-22(3,4)18(26)11-14(2)20(27)28;1-13(19(26)27)11-17(25)21(2,3)28-20-23-12-18(22)24(20)16-10-6-8-14-7-4-5-9-15(14)16/h4-7,10-11,13-15H,8-9,12H2,1-3H3,(H,29,30);6-11,13-15H,12H2,1-5H3,(H,29,30);6-11,13-14H,5,12H2,1-4H3,(H,28,29);5-10,12,14H,11H2,1-4H3,(H,27,28);4-10,12-13H,11H2,1-3H3,(H,26,27). The molecule has 16 rings (SSSR count). The highest BCUT2D eigenvalue weighted by Gasteiger charge is 2.41. The van der Waals surface area contributed by atoms with Crippen LogP contribution in [0.15, 0.2) is 245 Å². The molecule has 1 aliphatic carbocycles. The molecule has 10 aromatic carbocycles. The number of aryl methyl sites for hydroxylation is 2. The Hall–Kier alpha value is -11.6. The van der Waals surface area contributed by atoms with E-state index in [0.29, 0.717) is 63.4 Å². The Morgan fingerprint density at radius 3 is 0.872 bits per heavy atom. The molecule has 1 fully saturated rings. The number of aliphatic carboxylic acids is 5. The van der Waals surface area contributed by atoms with E-state index in [1.807, 2.05) is 138 Å². The third-order valence-electron chi connectivity index (χ3n) is 26.1. The van der Waals surface area contributed by atoms with Gasteiger partial charge in [0.15, 0.2) is 25.8 Å². The molecule has 149 heavy (non-hydrogen) atoms. The topological polar surface area (TPSA) is 361 Å². The Kier molecular flexibility index (Phi) is 38.4. The predicted molar refractivity (Wildman–Crippen MR) is 602 cm³/mol. The summed E-state index contributed by atoms with van der Waals surface area (Å²) in [7, 11) is 0. The fourth-order valence-corrected chi connectivity index (χ4v) is 23.2. The Morgan fingerprint density at radius 2 is 0.557 bits per heavy atom. The molecule has 5 heterocycles. The first-order chi connectivity index (χ1) is 70.2. The minimum atomic E-state index is -0.977. The fourth-order valence-electron chi connectivity index (χ4n) is 16.6. The van der Waals surface area contributed by atoms with E-state index in [1.54, 1.807) is 121 Å². The summed E-state index contributed by atoms with van der Waals surface area (Å²) in [5, 5.41) is 61.9. The van der Waals surface area contributed by atoms with Crippen LogP contribution in [0.3, 0.4) is 0 Å². The first kappa shape index (κ1) is 116. The third-order valence-corrected chi connectivity index (χ3v) is 33.4. The van der Waals surface area contributed by atoms with Gasteiger partial charge in [0.25, 0.3) is 0 Å². The number of aromatic nitrogens is 10. The molecule has 782 valence electrons. The van der Waals surface area contributed by atoms with Crippen molar-refractivity contribution in [2.75, 3.05) is 0 Å². The zero-order chi connectivity index (χ0) is 109. The monoisotopic (exact) mass is 2200 g/mol. The van der Waals surface area contributed by atoms with Crippen LogP contribution < -0.4 is 0 Å². The van der Waals surface area contributed by atoms with Crippen LogP contribution >= 0.6 is 117 Å². The van der Waals surface area contributed by atoms with Crippen LogP contribution in [-0.4, -0.2) is 156 Å². The van der Waals surface area contributed by atoms with E-state index in [9.17, 15) is 47.9 Å². The molecule has 0 saturated heterocycles. The molecule has 5 aromatic heterocycles. The molecular weight excluding hydrogens is 2090 g/mol. The summed E-state index contributed by atoms with van der Waals surface area (Å²) in [4.78, 5) is 142. The van der Waals surface area contributed by atoms with Crippen molar-refractivity contribution in [2.24, 2.45) is 29.6 Å². The van der Waals surface area contributed by atoms with Crippen LogP contribution in [0, 0.1) is 36.5 Å². The van der Waals surface area contributed by atoms with Gasteiger partial charge < -0.3 is 25.5 Å². The van der Waals surface area contributed by atoms with Crippen molar-refractivity contribution in [3.8, 4) is 28.4 Å². The van der Waals surface area contributed by atoms with Crippen LogP contribution in [-0.2, 0) is 54.4 Å². The van der Waals surface area contributed by atoms with Gasteiger partial charge in [-0.2, -0.15) is 0 Å². The van der Waals surface area contributed by atoms with Crippen LogP contribution in [0.1, 0.15) is 204 Å². The highest BCUT2D eigenvalue weighted by Crippen LogP contribution is 2.49. The Bertz CT molecular complexity index is 7410. The molecule has 0 aliphatic heterocycles. The summed E-state index contributed by atoms with van der Waals surface area (Å²) < 4.78 is 4.99. The van der Waals surface area contributed by atoms with Gasteiger partial charge in [0, 0.05) is 59.0 Å². The van der Waals surface area contributed by atoms with Crippen LogP contribution in [0.2, 0.25) is 25.8 Å². The van der Waals surface area contributed by atoms with Gasteiger partial charge in [-0.25, -0.2) is 24.9 Å². The zero-order valence-electron chi connectivity index (χ0n) is 86.2. The minimum absolute atomic E-state index is 0.0250. The number of hydrogen-bond donors (Lipinski definition) is 5. The number of fused-ring (bicyclic) bond motifs is 5. The number of carbonyl (C=O) groups is 10. The van der Waals surface area contributed by atoms with E-state index in [-0.39, 0.29) is 61.0 Å². The van der Waals surface area contributed by atoms with E-state index >= 15 is 0 Å². The number of imidazole rings is 5. The molecule has 15 aromatic rings. The second-order valence-corrected chi connectivity index (χ2v) is 49.7. The molecule has 25 nitrogen and oxygen atoms in total. The lowest BCUT2D eigenvalue weighted by molar-refractivity contribution is -0.143. The smallest absolute Gasteiger partial charge is 0.306 e. The molecule has 0 radical (unpaired) electrons. The first-order valence-corrected chi connectivity index (χ1v) is 54.6. The van der Waals surface area contributed by atoms with Crippen molar-refractivity contribution in [3.05, 3.63) is 267 Å². The highest BCUT2D eigenvalue weighted by atomic mass is 35.5. The van der Waals surface area contributed by atoms with E-state index in [1.165, 1.54) is 108 Å². The molecule has 1 saturated carbocycles. The zero-order valence-corrected chi connectivity index (χ0v) is 94.1. The molecule has 0 bridgehead atoms. The predicted octanol–water partition coefficient (Wildman–Crippen LogP) is 29.0. The molecule has 5 unspecified atom stereocenters. The molecule has 5 N–H and O–H groups in total. The van der Waals surface area contributed by atoms with Gasteiger partial charge in [-0.05, 0) is 187 Å². The average molecular weight is 2210 g/mol. The van der Waals surface area contributed by atoms with Gasteiger partial charge in [-0.3, -0.25) is 70.8 Å². The lowest BCUT2D eigenvalue weighted by atomic mass is 9.95. The Morgan fingerprint density at radius 1 is 0.309 bits per heavy atom. The molecule has 0 spiro atoms. The van der Waals surface area contributed by atoms with Gasteiger partial charge in [0.2, 0.25) is 0 Å². The highest BCUT2D eigenvalue weighted by molar-refractivity contribution is 8.02.